The molecule has 104 valence electrons. The Hall–Kier alpha value is -0.550. The zero-order chi connectivity index (χ0) is 13.6. The largest absolute Gasteiger partial charge is 0.310 e. The van der Waals surface area contributed by atoms with E-state index in [-0.39, 0.29) is 0 Å². The van der Waals surface area contributed by atoms with Crippen LogP contribution in [0.25, 0.3) is 0 Å². The average Bonchev–Trinajstić information content (AvgIpc) is 2.39. The molecule has 2 heteroatoms. The van der Waals surface area contributed by atoms with E-state index in [2.05, 4.69) is 39.1 Å². The highest BCUT2D eigenvalue weighted by molar-refractivity contribution is 4.88. The van der Waals surface area contributed by atoms with Crippen LogP contribution in [-0.4, -0.2) is 12.1 Å². The Morgan fingerprint density at radius 1 is 1.22 bits per heavy atom. The highest BCUT2D eigenvalue weighted by Crippen LogP contribution is 2.40. The molecule has 1 atom stereocenters. The van der Waals surface area contributed by atoms with Gasteiger partial charge in [-0.05, 0) is 43.4 Å². The molecule has 0 bridgehead atoms. The summed E-state index contributed by atoms with van der Waals surface area (Å²) in [6.45, 7) is 9.30. The maximum Gasteiger partial charge on any atom is 0.0638 e. The predicted octanol–water partition coefficient (Wildman–Crippen LogP) is 4.26. The zero-order valence-corrected chi connectivity index (χ0v) is 12.6. The second kappa shape index (κ2) is 7.14. The normalized spacial score (nSPS) is 26.6. The summed E-state index contributed by atoms with van der Waals surface area (Å²) in [6.07, 6.45) is 8.27. The molecule has 1 N–H and O–H groups in total. The smallest absolute Gasteiger partial charge is 0.0638 e. The summed E-state index contributed by atoms with van der Waals surface area (Å²) in [4.78, 5) is 0. The van der Waals surface area contributed by atoms with Crippen molar-refractivity contribution in [1.29, 1.82) is 5.26 Å². The van der Waals surface area contributed by atoms with Gasteiger partial charge in [0.1, 0.15) is 0 Å². The van der Waals surface area contributed by atoms with Crippen LogP contribution in [0.5, 0.6) is 0 Å². The molecule has 0 aromatic heterocycles. The molecule has 0 radical (unpaired) electrons. The van der Waals surface area contributed by atoms with Crippen LogP contribution in [0.1, 0.15) is 72.6 Å². The van der Waals surface area contributed by atoms with Gasteiger partial charge in [-0.3, -0.25) is 0 Å². The summed E-state index contributed by atoms with van der Waals surface area (Å²) in [7, 11) is 0. The van der Waals surface area contributed by atoms with E-state index in [9.17, 15) is 0 Å². The zero-order valence-electron chi connectivity index (χ0n) is 12.6. The molecule has 0 heterocycles. The number of rotatable bonds is 6. The minimum absolute atomic E-state index is 0.399. The first-order valence-corrected chi connectivity index (χ1v) is 7.66. The van der Waals surface area contributed by atoms with Gasteiger partial charge in [0.05, 0.1) is 12.5 Å². The highest BCUT2D eigenvalue weighted by Gasteiger charge is 2.32. The lowest BCUT2D eigenvalue weighted by Crippen LogP contribution is -2.41. The van der Waals surface area contributed by atoms with Crippen molar-refractivity contribution in [2.45, 2.75) is 84.7 Å². The van der Waals surface area contributed by atoms with Gasteiger partial charge in [-0.15, -0.1) is 0 Å². The predicted molar refractivity (Wildman–Crippen MR) is 77.3 cm³/mol. The van der Waals surface area contributed by atoms with Gasteiger partial charge < -0.3 is 5.32 Å². The topological polar surface area (TPSA) is 35.8 Å². The Kier molecular flexibility index (Phi) is 6.15. The maximum absolute atomic E-state index is 8.79. The Balaban J connectivity index is 2.38. The lowest BCUT2D eigenvalue weighted by molar-refractivity contribution is 0.134. The molecule has 0 aromatic carbocycles. The van der Waals surface area contributed by atoms with Crippen LogP contribution in [0.15, 0.2) is 0 Å². The van der Waals surface area contributed by atoms with Crippen LogP contribution < -0.4 is 5.32 Å². The minimum atomic E-state index is 0.399. The van der Waals surface area contributed by atoms with E-state index >= 15 is 0 Å². The standard InChI is InChI=1S/C16H30N2/c1-5-14(11-12-17)18-15-9-7-13(8-10-15)16(3,4)6-2/h13-15,18H,5-11H2,1-4H3. The number of hydrogen-bond acceptors (Lipinski definition) is 2. The van der Waals surface area contributed by atoms with Crippen molar-refractivity contribution < 1.29 is 0 Å². The summed E-state index contributed by atoms with van der Waals surface area (Å²) in [5.74, 6) is 0.886. The molecule has 1 saturated carbocycles. The first-order valence-electron chi connectivity index (χ1n) is 7.66. The summed E-state index contributed by atoms with van der Waals surface area (Å²) >= 11 is 0. The molecule has 0 amide bonds. The van der Waals surface area contributed by atoms with E-state index in [4.69, 9.17) is 5.26 Å². The van der Waals surface area contributed by atoms with Gasteiger partial charge in [-0.25, -0.2) is 0 Å². The van der Waals surface area contributed by atoms with Crippen molar-refractivity contribution in [2.24, 2.45) is 11.3 Å². The Morgan fingerprint density at radius 2 is 1.83 bits per heavy atom. The SMILES string of the molecule is CCC(CC#N)NC1CCC(C(C)(C)CC)CC1. The van der Waals surface area contributed by atoms with Crippen molar-refractivity contribution in [2.75, 3.05) is 0 Å². The van der Waals surface area contributed by atoms with E-state index in [0.717, 1.165) is 12.3 Å². The molecule has 1 aliphatic rings. The van der Waals surface area contributed by atoms with Crippen LogP contribution >= 0.6 is 0 Å². The summed E-state index contributed by atoms with van der Waals surface area (Å²) < 4.78 is 0. The van der Waals surface area contributed by atoms with Crippen molar-refractivity contribution in [1.82, 2.24) is 5.32 Å². The van der Waals surface area contributed by atoms with Gasteiger partial charge in [-0.2, -0.15) is 5.26 Å². The van der Waals surface area contributed by atoms with E-state index in [1.165, 1.54) is 32.1 Å². The van der Waals surface area contributed by atoms with Crippen LogP contribution in [-0.2, 0) is 0 Å². The molecular weight excluding hydrogens is 220 g/mol. The second-order valence-corrected chi connectivity index (χ2v) is 6.52. The van der Waals surface area contributed by atoms with E-state index in [1.807, 2.05) is 0 Å². The highest BCUT2D eigenvalue weighted by atomic mass is 14.9. The first kappa shape index (κ1) is 15.5. The fourth-order valence-corrected chi connectivity index (χ4v) is 3.09. The van der Waals surface area contributed by atoms with Crippen LogP contribution in [0, 0.1) is 22.7 Å². The third-order valence-corrected chi connectivity index (χ3v) is 5.05. The summed E-state index contributed by atoms with van der Waals surface area (Å²) in [5, 5.41) is 12.5. The molecule has 1 aliphatic carbocycles. The summed E-state index contributed by atoms with van der Waals surface area (Å²) in [5.41, 5.74) is 0.502. The molecule has 0 aromatic rings. The average molecular weight is 250 g/mol. The lowest BCUT2D eigenvalue weighted by atomic mass is 9.69. The molecule has 0 saturated heterocycles. The van der Waals surface area contributed by atoms with E-state index < -0.39 is 0 Å². The Bertz CT molecular complexity index is 269. The fraction of sp³-hybridized carbons (Fsp3) is 0.938. The van der Waals surface area contributed by atoms with E-state index in [0.29, 0.717) is 23.9 Å². The monoisotopic (exact) mass is 250 g/mol. The Labute approximate surface area is 113 Å². The maximum atomic E-state index is 8.79. The molecule has 18 heavy (non-hydrogen) atoms. The van der Waals surface area contributed by atoms with Crippen LogP contribution in [0.2, 0.25) is 0 Å². The molecule has 1 fully saturated rings. The molecular formula is C16H30N2. The van der Waals surface area contributed by atoms with E-state index in [1.54, 1.807) is 0 Å². The quantitative estimate of drug-likeness (QED) is 0.764. The fourth-order valence-electron chi connectivity index (χ4n) is 3.09. The number of nitrogens with zero attached hydrogens (tertiary/aromatic N) is 1. The van der Waals surface area contributed by atoms with Gasteiger partial charge in [0.2, 0.25) is 0 Å². The molecule has 0 aliphatic heterocycles. The van der Waals surface area contributed by atoms with Gasteiger partial charge in [0.25, 0.3) is 0 Å². The molecule has 1 rings (SSSR count). The van der Waals surface area contributed by atoms with Gasteiger partial charge in [0.15, 0.2) is 0 Å². The number of nitriles is 1. The van der Waals surface area contributed by atoms with Crippen molar-refractivity contribution in [3.63, 3.8) is 0 Å². The van der Waals surface area contributed by atoms with Crippen molar-refractivity contribution in [3.8, 4) is 6.07 Å². The van der Waals surface area contributed by atoms with Crippen LogP contribution in [0.4, 0.5) is 0 Å². The third-order valence-electron chi connectivity index (χ3n) is 5.05. The van der Waals surface area contributed by atoms with Crippen molar-refractivity contribution >= 4 is 0 Å². The number of nitrogens with one attached hydrogen (secondary N) is 1. The molecule has 0 spiro atoms. The Morgan fingerprint density at radius 3 is 2.28 bits per heavy atom. The molecule has 1 unspecified atom stereocenters. The first-order chi connectivity index (χ1) is 8.53. The van der Waals surface area contributed by atoms with Crippen LogP contribution in [0.3, 0.4) is 0 Å². The van der Waals surface area contributed by atoms with Gasteiger partial charge in [-0.1, -0.05) is 34.1 Å². The lowest BCUT2D eigenvalue weighted by Gasteiger charge is -2.39. The van der Waals surface area contributed by atoms with Gasteiger partial charge >= 0.3 is 0 Å². The minimum Gasteiger partial charge on any atom is -0.310 e. The van der Waals surface area contributed by atoms with Crippen molar-refractivity contribution in [3.05, 3.63) is 0 Å². The van der Waals surface area contributed by atoms with Gasteiger partial charge in [0, 0.05) is 12.1 Å². The summed E-state index contributed by atoms with van der Waals surface area (Å²) in [6, 6.07) is 3.33. The second-order valence-electron chi connectivity index (χ2n) is 6.52. The number of hydrogen-bond donors (Lipinski definition) is 1. The molecule has 2 nitrogen and oxygen atoms in total. The third kappa shape index (κ3) is 4.28.